The number of nitrogens with one attached hydrogen (secondary N) is 1. The minimum Gasteiger partial charge on any atom is -0.307 e. The van der Waals surface area contributed by atoms with Crippen molar-refractivity contribution in [3.8, 4) is 0 Å². The van der Waals surface area contributed by atoms with Gasteiger partial charge in [0.2, 0.25) is 0 Å². The van der Waals surface area contributed by atoms with E-state index in [1.165, 1.54) is 0 Å². The van der Waals surface area contributed by atoms with E-state index in [9.17, 15) is 0 Å². The maximum Gasteiger partial charge on any atom is 0.0276 e. The van der Waals surface area contributed by atoms with Gasteiger partial charge in [-0.25, -0.2) is 0 Å². The minimum absolute atomic E-state index is 0.634. The van der Waals surface area contributed by atoms with Crippen LogP contribution in [0.5, 0.6) is 0 Å². The number of hydrogen-bond donors (Lipinski definition) is 1. The molecule has 46 valence electrons. The summed E-state index contributed by atoms with van der Waals surface area (Å²) in [5.41, 5.74) is 0. The highest BCUT2D eigenvalue weighted by Crippen LogP contribution is 2.05. The van der Waals surface area contributed by atoms with E-state index in [1.807, 2.05) is 0 Å². The second kappa shape index (κ2) is 2.31. The van der Waals surface area contributed by atoms with Gasteiger partial charge in [-0.1, -0.05) is 26.0 Å². The molecular weight excluding hydrogens is 98.1 g/mol. The van der Waals surface area contributed by atoms with Crippen molar-refractivity contribution in [3.05, 3.63) is 12.2 Å². The average Bonchev–Trinajstić information content (AvgIpc) is 2.12. The Morgan fingerprint density at radius 3 is 2.62 bits per heavy atom. The molecule has 1 unspecified atom stereocenters. The van der Waals surface area contributed by atoms with Gasteiger partial charge in [0.1, 0.15) is 0 Å². The maximum atomic E-state index is 3.34. The fourth-order valence-electron chi connectivity index (χ4n) is 0.945. The quantitative estimate of drug-likeness (QED) is 0.501. The molecule has 1 nitrogen and oxygen atoms in total. The Kier molecular flexibility index (Phi) is 1.69. The molecular formula is C7H13N. The molecule has 0 amide bonds. The highest BCUT2D eigenvalue weighted by atomic mass is 14.9. The van der Waals surface area contributed by atoms with Crippen LogP contribution >= 0.6 is 0 Å². The molecule has 1 heterocycles. The lowest BCUT2D eigenvalue weighted by Gasteiger charge is -2.11. The summed E-state index contributed by atoms with van der Waals surface area (Å²) in [7, 11) is 0. The largest absolute Gasteiger partial charge is 0.307 e. The van der Waals surface area contributed by atoms with Crippen molar-refractivity contribution in [2.45, 2.75) is 19.9 Å². The van der Waals surface area contributed by atoms with Gasteiger partial charge in [0, 0.05) is 12.6 Å². The second-order valence-electron chi connectivity index (χ2n) is 2.61. The van der Waals surface area contributed by atoms with Crippen LogP contribution in [-0.4, -0.2) is 12.6 Å². The highest BCUT2D eigenvalue weighted by molar-refractivity contribution is 5.02. The Balaban J connectivity index is 2.36. The van der Waals surface area contributed by atoms with E-state index >= 15 is 0 Å². The average molecular weight is 111 g/mol. The molecule has 0 aromatic carbocycles. The molecule has 1 atom stereocenters. The van der Waals surface area contributed by atoms with Gasteiger partial charge in [-0.05, 0) is 5.92 Å². The van der Waals surface area contributed by atoms with Crippen LogP contribution in [0.1, 0.15) is 13.8 Å². The molecule has 0 radical (unpaired) electrons. The van der Waals surface area contributed by atoms with Crippen molar-refractivity contribution in [2.75, 3.05) is 6.54 Å². The van der Waals surface area contributed by atoms with E-state index in [-0.39, 0.29) is 0 Å². The minimum atomic E-state index is 0.634. The van der Waals surface area contributed by atoms with Crippen molar-refractivity contribution >= 4 is 0 Å². The van der Waals surface area contributed by atoms with Gasteiger partial charge in [0.05, 0.1) is 0 Å². The Morgan fingerprint density at radius 2 is 2.38 bits per heavy atom. The molecule has 0 spiro atoms. The summed E-state index contributed by atoms with van der Waals surface area (Å²) in [5, 5.41) is 3.34. The van der Waals surface area contributed by atoms with E-state index in [0.29, 0.717) is 6.04 Å². The molecule has 1 aliphatic rings. The lowest BCUT2D eigenvalue weighted by molar-refractivity contribution is 0.503. The standard InChI is InChI=1S/C7H13N/c1-6(2)7-4-3-5-8-7/h3-4,6-8H,5H2,1-2H3. The van der Waals surface area contributed by atoms with E-state index in [1.54, 1.807) is 0 Å². The normalized spacial score (nSPS) is 27.6. The van der Waals surface area contributed by atoms with Crippen LogP contribution in [0, 0.1) is 5.92 Å². The Bertz CT molecular complexity index is 94.6. The number of hydrogen-bond acceptors (Lipinski definition) is 1. The molecule has 1 N–H and O–H groups in total. The van der Waals surface area contributed by atoms with Crippen LogP contribution < -0.4 is 5.32 Å². The lowest BCUT2D eigenvalue weighted by Crippen LogP contribution is -2.26. The van der Waals surface area contributed by atoms with Crippen LogP contribution in [-0.2, 0) is 0 Å². The third-order valence-electron chi connectivity index (χ3n) is 1.53. The van der Waals surface area contributed by atoms with Crippen LogP contribution in [0.25, 0.3) is 0 Å². The van der Waals surface area contributed by atoms with Crippen LogP contribution in [0.2, 0.25) is 0 Å². The fourth-order valence-corrected chi connectivity index (χ4v) is 0.945. The van der Waals surface area contributed by atoms with Crippen molar-refractivity contribution in [1.82, 2.24) is 5.32 Å². The first kappa shape index (κ1) is 5.83. The van der Waals surface area contributed by atoms with Gasteiger partial charge < -0.3 is 5.32 Å². The summed E-state index contributed by atoms with van der Waals surface area (Å²) >= 11 is 0. The molecule has 0 saturated heterocycles. The lowest BCUT2D eigenvalue weighted by atomic mass is 10.1. The Morgan fingerprint density at radius 1 is 1.62 bits per heavy atom. The number of rotatable bonds is 1. The van der Waals surface area contributed by atoms with Crippen molar-refractivity contribution < 1.29 is 0 Å². The zero-order valence-electron chi connectivity index (χ0n) is 5.52. The molecule has 1 aliphatic heterocycles. The zero-order chi connectivity index (χ0) is 5.98. The van der Waals surface area contributed by atoms with E-state index in [4.69, 9.17) is 0 Å². The molecule has 8 heavy (non-hydrogen) atoms. The van der Waals surface area contributed by atoms with Gasteiger partial charge >= 0.3 is 0 Å². The third-order valence-corrected chi connectivity index (χ3v) is 1.53. The van der Waals surface area contributed by atoms with Crippen molar-refractivity contribution in [1.29, 1.82) is 0 Å². The Labute approximate surface area is 50.8 Å². The molecule has 0 aromatic heterocycles. The smallest absolute Gasteiger partial charge is 0.0276 e. The van der Waals surface area contributed by atoms with Gasteiger partial charge in [0.25, 0.3) is 0 Å². The SMILES string of the molecule is CC(C)C1C=CCN1. The molecule has 1 rings (SSSR count). The van der Waals surface area contributed by atoms with Gasteiger partial charge in [0.15, 0.2) is 0 Å². The van der Waals surface area contributed by atoms with Crippen molar-refractivity contribution in [2.24, 2.45) is 5.92 Å². The van der Waals surface area contributed by atoms with Crippen LogP contribution in [0.15, 0.2) is 12.2 Å². The fraction of sp³-hybridized carbons (Fsp3) is 0.714. The molecule has 0 bridgehead atoms. The molecule has 0 aromatic rings. The summed E-state index contributed by atoms with van der Waals surface area (Å²) in [4.78, 5) is 0. The first-order chi connectivity index (χ1) is 3.80. The summed E-state index contributed by atoms with van der Waals surface area (Å²) < 4.78 is 0. The predicted molar refractivity (Wildman–Crippen MR) is 35.8 cm³/mol. The molecule has 0 aliphatic carbocycles. The first-order valence-electron chi connectivity index (χ1n) is 3.21. The predicted octanol–water partition coefficient (Wildman–Crippen LogP) is 1.17. The van der Waals surface area contributed by atoms with Gasteiger partial charge in [-0.3, -0.25) is 0 Å². The topological polar surface area (TPSA) is 12.0 Å². The van der Waals surface area contributed by atoms with Gasteiger partial charge in [-0.2, -0.15) is 0 Å². The molecule has 0 saturated carbocycles. The first-order valence-corrected chi connectivity index (χ1v) is 3.21. The third kappa shape index (κ3) is 1.10. The molecule has 0 fully saturated rings. The second-order valence-corrected chi connectivity index (χ2v) is 2.61. The molecule has 1 heteroatoms. The summed E-state index contributed by atoms with van der Waals surface area (Å²) in [6, 6.07) is 0.634. The van der Waals surface area contributed by atoms with Crippen LogP contribution in [0.3, 0.4) is 0 Å². The summed E-state index contributed by atoms with van der Waals surface area (Å²) in [6.07, 6.45) is 4.43. The zero-order valence-corrected chi connectivity index (χ0v) is 5.52. The van der Waals surface area contributed by atoms with Crippen LogP contribution in [0.4, 0.5) is 0 Å². The van der Waals surface area contributed by atoms with Gasteiger partial charge in [-0.15, -0.1) is 0 Å². The summed E-state index contributed by atoms with van der Waals surface area (Å²) in [5.74, 6) is 0.744. The van der Waals surface area contributed by atoms with E-state index in [2.05, 4.69) is 31.3 Å². The highest BCUT2D eigenvalue weighted by Gasteiger charge is 2.10. The Hall–Kier alpha value is -0.300. The van der Waals surface area contributed by atoms with E-state index < -0.39 is 0 Å². The summed E-state index contributed by atoms with van der Waals surface area (Å²) in [6.45, 7) is 5.52. The monoisotopic (exact) mass is 111 g/mol. The van der Waals surface area contributed by atoms with Crippen molar-refractivity contribution in [3.63, 3.8) is 0 Å². The maximum absolute atomic E-state index is 3.34. The van der Waals surface area contributed by atoms with E-state index in [0.717, 1.165) is 12.5 Å².